The molecule has 3 heteroatoms. The van der Waals surface area contributed by atoms with Crippen molar-refractivity contribution in [1.82, 2.24) is 4.90 Å². The first-order valence-corrected chi connectivity index (χ1v) is 4.06. The molecule has 0 aromatic rings. The summed E-state index contributed by atoms with van der Waals surface area (Å²) in [5.74, 6) is 0.240. The molecule has 1 fully saturated rings. The molecule has 1 aliphatic rings. The maximum Gasteiger partial charge on any atom is 0.149 e. The van der Waals surface area contributed by atoms with Crippen LogP contribution in [0.5, 0.6) is 0 Å². The van der Waals surface area contributed by atoms with Crippen LogP contribution in [0.4, 0.5) is 0 Å². The van der Waals surface area contributed by atoms with Gasteiger partial charge in [-0.05, 0) is 13.5 Å². The molecule has 0 spiro atoms. The first-order valence-electron chi connectivity index (χ1n) is 4.06. The third kappa shape index (κ3) is 1.79. The molecule has 0 radical (unpaired) electrons. The summed E-state index contributed by atoms with van der Waals surface area (Å²) in [6.07, 6.45) is 0.880. The summed E-state index contributed by atoms with van der Waals surface area (Å²) < 4.78 is 0. The standard InChI is InChI=1S/C8H15NO2/c1-3-8(11)7-4-6(10)5-9(7)2/h6-7,10H,3-5H2,1-2H3. The molecule has 0 aliphatic carbocycles. The molecule has 0 aromatic heterocycles. The number of likely N-dealkylation sites (tertiary alicyclic amines) is 1. The predicted molar refractivity (Wildman–Crippen MR) is 42.3 cm³/mol. The number of hydrogen-bond acceptors (Lipinski definition) is 3. The van der Waals surface area contributed by atoms with Crippen LogP contribution in [0.3, 0.4) is 0 Å². The van der Waals surface area contributed by atoms with E-state index in [1.54, 1.807) is 0 Å². The Bertz CT molecular complexity index is 158. The van der Waals surface area contributed by atoms with Crippen molar-refractivity contribution in [3.8, 4) is 0 Å². The highest BCUT2D eigenvalue weighted by atomic mass is 16.3. The lowest BCUT2D eigenvalue weighted by atomic mass is 10.1. The third-order valence-corrected chi connectivity index (χ3v) is 2.25. The van der Waals surface area contributed by atoms with Crippen LogP contribution in [-0.4, -0.2) is 41.5 Å². The van der Waals surface area contributed by atoms with Gasteiger partial charge in [0.2, 0.25) is 0 Å². The number of likely N-dealkylation sites (N-methyl/N-ethyl adjacent to an activating group) is 1. The Hall–Kier alpha value is -0.410. The average Bonchev–Trinajstić information content (AvgIpc) is 2.28. The maximum absolute atomic E-state index is 11.2. The molecule has 0 saturated carbocycles. The van der Waals surface area contributed by atoms with Gasteiger partial charge in [0.1, 0.15) is 5.78 Å². The van der Waals surface area contributed by atoms with E-state index in [0.717, 1.165) is 0 Å². The number of carbonyl (C=O) groups is 1. The number of hydrogen-bond donors (Lipinski definition) is 1. The topological polar surface area (TPSA) is 40.5 Å². The zero-order valence-corrected chi connectivity index (χ0v) is 7.08. The Morgan fingerprint density at radius 2 is 2.36 bits per heavy atom. The van der Waals surface area contributed by atoms with E-state index < -0.39 is 0 Å². The summed E-state index contributed by atoms with van der Waals surface area (Å²) in [5, 5.41) is 9.22. The minimum Gasteiger partial charge on any atom is -0.392 e. The van der Waals surface area contributed by atoms with Gasteiger partial charge < -0.3 is 5.11 Å². The number of β-amino-alcohol motifs (C(OH)–C–C–N with tert-alkyl or cyclic N) is 1. The lowest BCUT2D eigenvalue weighted by molar-refractivity contribution is -0.122. The van der Waals surface area contributed by atoms with Crippen molar-refractivity contribution >= 4 is 5.78 Å². The quantitative estimate of drug-likeness (QED) is 0.615. The van der Waals surface area contributed by atoms with E-state index in [-0.39, 0.29) is 17.9 Å². The second-order valence-corrected chi connectivity index (χ2v) is 3.16. The monoisotopic (exact) mass is 157 g/mol. The van der Waals surface area contributed by atoms with Gasteiger partial charge in [0.05, 0.1) is 12.1 Å². The maximum atomic E-state index is 11.2. The van der Waals surface area contributed by atoms with Crippen molar-refractivity contribution in [2.75, 3.05) is 13.6 Å². The normalized spacial score (nSPS) is 32.6. The fourth-order valence-corrected chi connectivity index (χ4v) is 1.58. The van der Waals surface area contributed by atoms with E-state index in [9.17, 15) is 9.90 Å². The van der Waals surface area contributed by atoms with Crippen LogP contribution in [0.15, 0.2) is 0 Å². The number of aliphatic hydroxyl groups is 1. The second-order valence-electron chi connectivity index (χ2n) is 3.16. The molecule has 1 heterocycles. The zero-order chi connectivity index (χ0) is 8.43. The van der Waals surface area contributed by atoms with Crippen molar-refractivity contribution in [1.29, 1.82) is 0 Å². The first kappa shape index (κ1) is 8.68. The lowest BCUT2D eigenvalue weighted by Gasteiger charge is -2.15. The molecular formula is C8H15NO2. The van der Waals surface area contributed by atoms with E-state index in [4.69, 9.17) is 0 Å². The van der Waals surface area contributed by atoms with Crippen molar-refractivity contribution in [2.24, 2.45) is 0 Å². The molecule has 1 rings (SSSR count). The smallest absolute Gasteiger partial charge is 0.149 e. The number of ketones is 1. The van der Waals surface area contributed by atoms with Gasteiger partial charge in [0.25, 0.3) is 0 Å². The number of Topliss-reactive ketones (excluding diaryl/α,β-unsaturated/α-hetero) is 1. The largest absolute Gasteiger partial charge is 0.392 e. The molecule has 1 N–H and O–H groups in total. The van der Waals surface area contributed by atoms with Crippen molar-refractivity contribution in [3.05, 3.63) is 0 Å². The van der Waals surface area contributed by atoms with Crippen LogP contribution in [-0.2, 0) is 4.79 Å². The van der Waals surface area contributed by atoms with Crippen LogP contribution >= 0.6 is 0 Å². The molecule has 0 aromatic carbocycles. The van der Waals surface area contributed by atoms with Crippen LogP contribution in [0.1, 0.15) is 19.8 Å². The Morgan fingerprint density at radius 1 is 1.73 bits per heavy atom. The molecule has 2 unspecified atom stereocenters. The summed E-state index contributed by atoms with van der Waals surface area (Å²) >= 11 is 0. The van der Waals surface area contributed by atoms with Gasteiger partial charge >= 0.3 is 0 Å². The second kappa shape index (κ2) is 3.32. The minimum atomic E-state index is -0.305. The van der Waals surface area contributed by atoms with Crippen molar-refractivity contribution < 1.29 is 9.90 Å². The van der Waals surface area contributed by atoms with E-state index in [2.05, 4.69) is 0 Å². The predicted octanol–water partition coefficient (Wildman–Crippen LogP) is 0.0305. The fraction of sp³-hybridized carbons (Fsp3) is 0.875. The summed E-state index contributed by atoms with van der Waals surface area (Å²) in [5.41, 5.74) is 0. The van der Waals surface area contributed by atoms with E-state index in [1.807, 2.05) is 18.9 Å². The van der Waals surface area contributed by atoms with Gasteiger partial charge in [-0.3, -0.25) is 9.69 Å². The summed E-state index contributed by atoms with van der Waals surface area (Å²) in [6.45, 7) is 2.50. The third-order valence-electron chi connectivity index (χ3n) is 2.25. The van der Waals surface area contributed by atoms with E-state index in [0.29, 0.717) is 19.4 Å². The lowest BCUT2D eigenvalue weighted by Crippen LogP contribution is -2.32. The minimum absolute atomic E-state index is 0.0324. The molecule has 64 valence electrons. The number of carbonyl (C=O) groups excluding carboxylic acids is 1. The highest BCUT2D eigenvalue weighted by molar-refractivity contribution is 5.84. The summed E-state index contributed by atoms with van der Waals surface area (Å²) in [4.78, 5) is 13.1. The van der Waals surface area contributed by atoms with Crippen LogP contribution in [0.25, 0.3) is 0 Å². The Labute approximate surface area is 67.0 Å². The van der Waals surface area contributed by atoms with Crippen LogP contribution in [0.2, 0.25) is 0 Å². The average molecular weight is 157 g/mol. The number of aliphatic hydroxyl groups excluding tert-OH is 1. The Balaban J connectivity index is 2.52. The number of rotatable bonds is 2. The van der Waals surface area contributed by atoms with Crippen LogP contribution in [0, 0.1) is 0 Å². The highest BCUT2D eigenvalue weighted by Gasteiger charge is 2.31. The van der Waals surface area contributed by atoms with Gasteiger partial charge in [-0.25, -0.2) is 0 Å². The Kier molecular flexibility index (Phi) is 2.62. The SMILES string of the molecule is CCC(=O)C1CC(O)CN1C. The molecule has 0 amide bonds. The zero-order valence-electron chi connectivity index (χ0n) is 7.08. The van der Waals surface area contributed by atoms with Crippen molar-refractivity contribution in [3.63, 3.8) is 0 Å². The van der Waals surface area contributed by atoms with Gasteiger partial charge in [0.15, 0.2) is 0 Å². The van der Waals surface area contributed by atoms with E-state index >= 15 is 0 Å². The molecule has 3 nitrogen and oxygen atoms in total. The summed E-state index contributed by atoms with van der Waals surface area (Å²) in [7, 11) is 1.88. The van der Waals surface area contributed by atoms with Gasteiger partial charge in [-0.15, -0.1) is 0 Å². The molecular weight excluding hydrogens is 142 g/mol. The number of nitrogens with zero attached hydrogens (tertiary/aromatic N) is 1. The van der Waals surface area contributed by atoms with E-state index in [1.165, 1.54) is 0 Å². The van der Waals surface area contributed by atoms with Gasteiger partial charge in [-0.2, -0.15) is 0 Å². The van der Waals surface area contributed by atoms with Crippen LogP contribution < -0.4 is 0 Å². The first-order chi connectivity index (χ1) is 5.15. The summed E-state index contributed by atoms with van der Waals surface area (Å²) in [6, 6.07) is -0.0324. The molecule has 11 heavy (non-hydrogen) atoms. The molecule has 2 atom stereocenters. The van der Waals surface area contributed by atoms with Gasteiger partial charge in [-0.1, -0.05) is 6.92 Å². The molecule has 1 aliphatic heterocycles. The fourth-order valence-electron chi connectivity index (χ4n) is 1.58. The molecule has 1 saturated heterocycles. The van der Waals surface area contributed by atoms with Gasteiger partial charge in [0, 0.05) is 13.0 Å². The molecule has 0 bridgehead atoms. The van der Waals surface area contributed by atoms with Crippen molar-refractivity contribution in [2.45, 2.75) is 31.9 Å². The highest BCUT2D eigenvalue weighted by Crippen LogP contribution is 2.17. The Morgan fingerprint density at radius 3 is 2.73 bits per heavy atom.